The molecule has 0 aromatic carbocycles. The third-order valence-corrected chi connectivity index (χ3v) is 5.50. The Hall–Kier alpha value is -2.61. The van der Waals surface area contributed by atoms with Gasteiger partial charge in [0.25, 0.3) is 15.9 Å². The van der Waals surface area contributed by atoms with E-state index in [2.05, 4.69) is 9.97 Å². The van der Waals surface area contributed by atoms with Crippen LogP contribution in [0.25, 0.3) is 0 Å². The molecule has 1 aliphatic rings. The number of piperidine rings is 1. The van der Waals surface area contributed by atoms with Gasteiger partial charge in [0.2, 0.25) is 0 Å². The molecule has 9 nitrogen and oxygen atoms in total. The van der Waals surface area contributed by atoms with Gasteiger partial charge in [-0.05, 0) is 38.0 Å². The van der Waals surface area contributed by atoms with Gasteiger partial charge in [-0.15, -0.1) is 0 Å². The molecule has 3 N–H and O–H groups in total. The third-order valence-electron chi connectivity index (χ3n) is 4.69. The van der Waals surface area contributed by atoms with E-state index in [4.69, 9.17) is 5.14 Å². The summed E-state index contributed by atoms with van der Waals surface area (Å²) in [6.45, 7) is 1.69. The van der Waals surface area contributed by atoms with Crippen LogP contribution in [0.4, 0.5) is 18.9 Å². The largest absolute Gasteiger partial charge is 0.434 e. The molecule has 1 atom stereocenters. The van der Waals surface area contributed by atoms with Gasteiger partial charge in [0, 0.05) is 31.5 Å². The number of hydrazine groups is 1. The fourth-order valence-corrected chi connectivity index (χ4v) is 3.87. The molecule has 0 bridgehead atoms. The SMILES string of the molecule is CC1(O)CCCN(N(C(=O)c2cccnc2C(F)(F)F)c2ccnc(S(N)(=O)=O)c2)C1. The normalized spacial score (nSPS) is 20.5. The summed E-state index contributed by atoms with van der Waals surface area (Å²) in [6, 6.07) is 4.42. The van der Waals surface area contributed by atoms with Crippen LogP contribution >= 0.6 is 0 Å². The zero-order valence-corrected chi connectivity index (χ0v) is 17.2. The Morgan fingerprint density at radius 2 is 2.00 bits per heavy atom. The second kappa shape index (κ2) is 8.15. The Balaban J connectivity index is 2.15. The number of aliphatic hydroxyl groups is 1. The van der Waals surface area contributed by atoms with Crippen LogP contribution < -0.4 is 10.1 Å². The summed E-state index contributed by atoms with van der Waals surface area (Å²) in [5.41, 5.74) is -3.39. The number of nitrogens with zero attached hydrogens (tertiary/aromatic N) is 4. The molecular weight excluding hydrogens is 439 g/mol. The van der Waals surface area contributed by atoms with Crippen LogP contribution in [-0.4, -0.2) is 53.1 Å². The molecule has 13 heteroatoms. The minimum Gasteiger partial charge on any atom is -0.389 e. The van der Waals surface area contributed by atoms with Gasteiger partial charge in [0.1, 0.15) is 0 Å². The summed E-state index contributed by atoms with van der Waals surface area (Å²) in [4.78, 5) is 20.3. The number of pyridine rings is 2. The molecule has 3 rings (SSSR count). The van der Waals surface area contributed by atoms with Crippen molar-refractivity contribution in [3.05, 3.63) is 47.9 Å². The molecule has 2 aromatic heterocycles. The lowest BCUT2D eigenvalue weighted by Gasteiger charge is -2.42. The molecule has 0 radical (unpaired) electrons. The molecule has 2 aromatic rings. The van der Waals surface area contributed by atoms with E-state index in [9.17, 15) is 31.5 Å². The smallest absolute Gasteiger partial charge is 0.389 e. The first-order chi connectivity index (χ1) is 14.3. The second-order valence-corrected chi connectivity index (χ2v) is 8.91. The van der Waals surface area contributed by atoms with Crippen molar-refractivity contribution in [1.82, 2.24) is 15.0 Å². The Kier molecular flexibility index (Phi) is 6.06. The van der Waals surface area contributed by atoms with Gasteiger partial charge >= 0.3 is 6.18 Å². The number of primary sulfonamides is 1. The van der Waals surface area contributed by atoms with Crippen LogP contribution in [0, 0.1) is 0 Å². The zero-order valence-electron chi connectivity index (χ0n) is 16.4. The highest BCUT2D eigenvalue weighted by molar-refractivity contribution is 7.89. The quantitative estimate of drug-likeness (QED) is 0.710. The van der Waals surface area contributed by atoms with Crippen LogP contribution in [0.3, 0.4) is 0 Å². The Labute approximate surface area is 176 Å². The van der Waals surface area contributed by atoms with Crippen LogP contribution in [0.2, 0.25) is 0 Å². The molecule has 1 amide bonds. The molecule has 3 heterocycles. The predicted octanol–water partition coefficient (Wildman–Crippen LogP) is 1.55. The molecular formula is C18H20F3N5O4S. The minimum atomic E-state index is -4.89. The Bertz CT molecular complexity index is 1090. The number of carbonyl (C=O) groups is 1. The van der Waals surface area contributed by atoms with Crippen molar-refractivity contribution in [3.63, 3.8) is 0 Å². The van der Waals surface area contributed by atoms with E-state index in [0.29, 0.717) is 12.8 Å². The van der Waals surface area contributed by atoms with E-state index >= 15 is 0 Å². The summed E-state index contributed by atoms with van der Waals surface area (Å²) in [5, 5.41) is 17.3. The van der Waals surface area contributed by atoms with Crippen LogP contribution in [-0.2, 0) is 16.2 Å². The number of nitrogens with two attached hydrogens (primary N) is 1. The molecule has 0 aliphatic carbocycles. The number of hydrogen-bond acceptors (Lipinski definition) is 7. The maximum absolute atomic E-state index is 13.5. The molecule has 168 valence electrons. The lowest BCUT2D eigenvalue weighted by atomic mass is 9.96. The number of aromatic nitrogens is 2. The third kappa shape index (κ3) is 5.18. The highest BCUT2D eigenvalue weighted by Gasteiger charge is 2.40. The van der Waals surface area contributed by atoms with Crippen LogP contribution in [0.15, 0.2) is 41.7 Å². The molecule has 0 saturated carbocycles. The number of halogens is 3. The lowest BCUT2D eigenvalue weighted by Crippen LogP contribution is -2.56. The standard InChI is InChI=1S/C18H20F3N5O4S/c1-17(28)6-3-9-25(11-17)26(12-5-8-23-14(10-12)31(22,29)30)16(27)13-4-2-7-24-15(13)18(19,20)21/h2,4-5,7-8,10,28H,3,6,9,11H2,1H3,(H2,22,29,30). The van der Waals surface area contributed by atoms with E-state index in [1.807, 2.05) is 0 Å². The maximum Gasteiger partial charge on any atom is 0.434 e. The van der Waals surface area contributed by atoms with Gasteiger partial charge in [0.05, 0.1) is 16.9 Å². The van der Waals surface area contributed by atoms with E-state index in [0.717, 1.165) is 29.5 Å². The Morgan fingerprint density at radius 1 is 1.29 bits per heavy atom. The first kappa shape index (κ1) is 23.1. The van der Waals surface area contributed by atoms with Crippen LogP contribution in [0.5, 0.6) is 0 Å². The first-order valence-electron chi connectivity index (χ1n) is 9.12. The van der Waals surface area contributed by atoms with E-state index in [1.165, 1.54) is 24.1 Å². The number of sulfonamides is 1. The molecule has 0 spiro atoms. The number of rotatable bonds is 4. The van der Waals surface area contributed by atoms with E-state index in [-0.39, 0.29) is 18.8 Å². The highest BCUT2D eigenvalue weighted by Crippen LogP contribution is 2.33. The average Bonchev–Trinajstić information content (AvgIpc) is 2.66. The average molecular weight is 459 g/mol. The van der Waals surface area contributed by atoms with Gasteiger partial charge in [0.15, 0.2) is 10.7 Å². The lowest BCUT2D eigenvalue weighted by molar-refractivity contribution is -0.141. The monoisotopic (exact) mass is 459 g/mol. The Morgan fingerprint density at radius 3 is 2.61 bits per heavy atom. The minimum absolute atomic E-state index is 0.0706. The summed E-state index contributed by atoms with van der Waals surface area (Å²) < 4.78 is 63.8. The number of amides is 1. The molecule has 1 aliphatic heterocycles. The van der Waals surface area contributed by atoms with Crippen molar-refractivity contribution in [2.45, 2.75) is 36.6 Å². The fraction of sp³-hybridized carbons (Fsp3) is 0.389. The fourth-order valence-electron chi connectivity index (χ4n) is 3.38. The molecule has 1 fully saturated rings. The second-order valence-electron chi connectivity index (χ2n) is 7.40. The topological polar surface area (TPSA) is 130 Å². The number of hydrogen-bond donors (Lipinski definition) is 2. The van der Waals surface area contributed by atoms with Gasteiger partial charge in [-0.2, -0.15) is 13.2 Å². The van der Waals surface area contributed by atoms with Gasteiger partial charge in [-0.3, -0.25) is 9.78 Å². The maximum atomic E-state index is 13.5. The number of β-amino-alcohol motifs (C(OH)–C–C–N with tert-alkyl or cyclic N) is 1. The zero-order chi connectivity index (χ0) is 23.0. The van der Waals surface area contributed by atoms with Gasteiger partial charge in [-0.1, -0.05) is 0 Å². The van der Waals surface area contributed by atoms with Crippen molar-refractivity contribution in [1.29, 1.82) is 0 Å². The molecule has 1 unspecified atom stereocenters. The van der Waals surface area contributed by atoms with Crippen molar-refractivity contribution in [2.24, 2.45) is 5.14 Å². The van der Waals surface area contributed by atoms with Crippen LogP contribution in [0.1, 0.15) is 35.8 Å². The molecule has 1 saturated heterocycles. The van der Waals surface area contributed by atoms with Crippen molar-refractivity contribution >= 4 is 21.6 Å². The summed E-state index contributed by atoms with van der Waals surface area (Å²) in [7, 11) is -4.24. The molecule has 31 heavy (non-hydrogen) atoms. The number of anilines is 1. The number of alkyl halides is 3. The first-order valence-corrected chi connectivity index (χ1v) is 10.7. The van der Waals surface area contributed by atoms with Crippen molar-refractivity contribution in [2.75, 3.05) is 18.1 Å². The highest BCUT2D eigenvalue weighted by atomic mass is 32.2. The predicted molar refractivity (Wildman–Crippen MR) is 103 cm³/mol. The summed E-state index contributed by atoms with van der Waals surface area (Å²) in [6.07, 6.45) is -2.03. The van der Waals surface area contributed by atoms with Crippen molar-refractivity contribution < 1.29 is 31.5 Å². The van der Waals surface area contributed by atoms with E-state index in [1.54, 1.807) is 0 Å². The number of carbonyl (C=O) groups excluding carboxylic acids is 1. The summed E-state index contributed by atoms with van der Waals surface area (Å²) in [5.74, 6) is -1.09. The van der Waals surface area contributed by atoms with Gasteiger partial charge in [-0.25, -0.2) is 28.6 Å². The summed E-state index contributed by atoms with van der Waals surface area (Å²) >= 11 is 0. The van der Waals surface area contributed by atoms with Gasteiger partial charge < -0.3 is 5.11 Å². The van der Waals surface area contributed by atoms with Crippen molar-refractivity contribution in [3.8, 4) is 0 Å². The van der Waals surface area contributed by atoms with E-state index < -0.39 is 44.0 Å².